The first kappa shape index (κ1) is 35.3. The number of nitrogens with zero attached hydrogens (tertiary/aromatic N) is 3. The molecule has 1 aliphatic carbocycles. The van der Waals surface area contributed by atoms with Crippen LogP contribution in [0.15, 0.2) is 66.9 Å². The number of pyridine rings is 1. The molecule has 3 heterocycles. The number of hydrogen-bond acceptors (Lipinski definition) is 5. The van der Waals surface area contributed by atoms with Gasteiger partial charge in [-0.1, -0.05) is 67.1 Å². The molecule has 4 aromatic rings. The largest absolute Gasteiger partial charge is 0.480 e. The molecule has 1 amide bonds. The Labute approximate surface area is 292 Å². The van der Waals surface area contributed by atoms with Crippen LogP contribution in [-0.4, -0.2) is 83.1 Å². The number of alkyl halides is 5. The second-order valence-corrected chi connectivity index (χ2v) is 14.6. The van der Waals surface area contributed by atoms with Gasteiger partial charge in [0.1, 0.15) is 11.5 Å². The summed E-state index contributed by atoms with van der Waals surface area (Å²) < 4.78 is 69.0. The first-order valence-electron chi connectivity index (χ1n) is 17.6. The first-order valence-corrected chi connectivity index (χ1v) is 17.6. The van der Waals surface area contributed by atoms with Crippen LogP contribution in [0.1, 0.15) is 49.7 Å². The van der Waals surface area contributed by atoms with Gasteiger partial charge >= 0.3 is 12.1 Å². The van der Waals surface area contributed by atoms with Crippen LogP contribution in [0.5, 0.6) is 0 Å². The van der Waals surface area contributed by atoms with E-state index in [1.165, 1.54) is 30.6 Å². The molecule has 1 atom stereocenters. The van der Waals surface area contributed by atoms with E-state index in [-0.39, 0.29) is 19.5 Å². The molecule has 1 saturated carbocycles. The summed E-state index contributed by atoms with van der Waals surface area (Å²) in [5.41, 5.74) is 0.897. The summed E-state index contributed by atoms with van der Waals surface area (Å²) in [5.74, 6) is -2.93. The zero-order chi connectivity index (χ0) is 36.0. The number of aromatic nitrogens is 1. The molecule has 3 fully saturated rings. The van der Waals surface area contributed by atoms with Crippen LogP contribution in [0.4, 0.5) is 22.0 Å². The number of nitrogens with one attached hydrogen (secondary N) is 1. The molecule has 0 bridgehead atoms. The van der Waals surface area contributed by atoms with Gasteiger partial charge in [0.05, 0.1) is 12.2 Å². The highest BCUT2D eigenvalue weighted by atomic mass is 19.4. The highest BCUT2D eigenvalue weighted by Gasteiger charge is 2.61. The summed E-state index contributed by atoms with van der Waals surface area (Å²) in [7, 11) is 0. The third-order valence-electron chi connectivity index (χ3n) is 11.6. The van der Waals surface area contributed by atoms with Gasteiger partial charge in [-0.3, -0.25) is 19.6 Å². The van der Waals surface area contributed by atoms with Crippen LogP contribution in [0.25, 0.3) is 32.8 Å². The topological polar surface area (TPSA) is 85.8 Å². The quantitative estimate of drug-likeness (QED) is 0.167. The number of carbonyl (C=O) groups excluding carboxylic acids is 1. The molecule has 3 aromatic carbocycles. The van der Waals surface area contributed by atoms with Gasteiger partial charge in [0.2, 0.25) is 5.91 Å². The minimum atomic E-state index is -5.00. The maximum absolute atomic E-state index is 14.4. The smallest absolute Gasteiger partial charge is 0.403 e. The van der Waals surface area contributed by atoms with Crippen LogP contribution in [0.2, 0.25) is 0 Å². The number of likely N-dealkylation sites (tertiary alicyclic amines) is 2. The van der Waals surface area contributed by atoms with Crippen LogP contribution >= 0.6 is 0 Å². The molecule has 1 aromatic heterocycles. The Morgan fingerprint density at radius 2 is 1.47 bits per heavy atom. The number of rotatable bonds is 10. The predicted molar refractivity (Wildman–Crippen MR) is 184 cm³/mol. The van der Waals surface area contributed by atoms with Gasteiger partial charge in [0.25, 0.3) is 6.43 Å². The lowest BCUT2D eigenvalue weighted by Crippen LogP contribution is -2.59. The second-order valence-electron chi connectivity index (χ2n) is 14.6. The molecule has 0 radical (unpaired) electrons. The van der Waals surface area contributed by atoms with Crippen molar-refractivity contribution in [2.24, 2.45) is 10.8 Å². The summed E-state index contributed by atoms with van der Waals surface area (Å²) >= 11 is 0. The molecule has 2 aliphatic heterocycles. The van der Waals surface area contributed by atoms with Gasteiger partial charge in [0.15, 0.2) is 0 Å². The van der Waals surface area contributed by atoms with E-state index < -0.39 is 55.3 Å². The van der Waals surface area contributed by atoms with E-state index in [1.807, 2.05) is 48.7 Å². The van der Waals surface area contributed by atoms with Gasteiger partial charge in [-0.15, -0.1) is 0 Å². The van der Waals surface area contributed by atoms with Crippen molar-refractivity contribution in [2.75, 3.05) is 32.7 Å². The number of carbonyl (C=O) groups is 2. The van der Waals surface area contributed by atoms with E-state index in [4.69, 9.17) is 4.98 Å². The SMILES string of the molecule is O=C(O)[C@H](Cc1cccc2c(-c3ncc(CN4CCC5(CCC5)C4)c4ccccc34)cccc12)NC(=O)C1(C(F)(F)F)CCN(CC(F)F)CC1. The molecule has 51 heavy (non-hydrogen) atoms. The Morgan fingerprint density at radius 1 is 0.824 bits per heavy atom. The molecule has 7 rings (SSSR count). The van der Waals surface area contributed by atoms with Gasteiger partial charge in [-0.25, -0.2) is 13.6 Å². The molecule has 2 saturated heterocycles. The molecule has 2 N–H and O–H groups in total. The van der Waals surface area contributed by atoms with E-state index in [2.05, 4.69) is 16.3 Å². The van der Waals surface area contributed by atoms with Crippen molar-refractivity contribution in [3.05, 3.63) is 78.0 Å². The molecule has 7 nitrogen and oxygen atoms in total. The first-order chi connectivity index (χ1) is 24.4. The van der Waals surface area contributed by atoms with Crippen molar-refractivity contribution in [2.45, 2.75) is 70.1 Å². The average Bonchev–Trinajstić information content (AvgIpc) is 3.53. The number of fused-ring (bicyclic) bond motifs is 2. The number of hydrogen-bond donors (Lipinski definition) is 2. The van der Waals surface area contributed by atoms with Crippen LogP contribution in [-0.2, 0) is 22.6 Å². The second kappa shape index (κ2) is 13.8. The average molecular weight is 709 g/mol. The number of amides is 1. The predicted octanol–water partition coefficient (Wildman–Crippen LogP) is 7.45. The molecular weight excluding hydrogens is 667 g/mol. The summed E-state index contributed by atoms with van der Waals surface area (Å²) in [6.07, 6.45) is -2.34. The van der Waals surface area contributed by atoms with Crippen molar-refractivity contribution in [3.63, 3.8) is 0 Å². The fourth-order valence-corrected chi connectivity index (χ4v) is 8.51. The molecule has 0 unspecified atom stereocenters. The van der Waals surface area contributed by atoms with Crippen LogP contribution in [0, 0.1) is 10.8 Å². The van der Waals surface area contributed by atoms with Crippen LogP contribution < -0.4 is 5.32 Å². The summed E-state index contributed by atoms with van der Waals surface area (Å²) in [4.78, 5) is 34.5. The fourth-order valence-electron chi connectivity index (χ4n) is 8.51. The highest BCUT2D eigenvalue weighted by molar-refractivity contribution is 6.05. The summed E-state index contributed by atoms with van der Waals surface area (Å²) in [5, 5.41) is 15.9. The van der Waals surface area contributed by atoms with Crippen molar-refractivity contribution >= 4 is 33.4 Å². The van der Waals surface area contributed by atoms with Crippen LogP contribution in [0.3, 0.4) is 0 Å². The Hall–Kier alpha value is -4.16. The molecule has 1 spiro atoms. The molecular formula is C39H41F5N4O3. The Kier molecular flexibility index (Phi) is 9.51. The summed E-state index contributed by atoms with van der Waals surface area (Å²) in [6, 6.07) is 17.5. The van der Waals surface area contributed by atoms with E-state index in [1.54, 1.807) is 12.1 Å². The van der Waals surface area contributed by atoms with Crippen molar-refractivity contribution < 1.29 is 36.6 Å². The lowest BCUT2D eigenvalue weighted by molar-refractivity contribution is -0.233. The zero-order valence-electron chi connectivity index (χ0n) is 28.2. The zero-order valence-corrected chi connectivity index (χ0v) is 28.2. The lowest BCUT2D eigenvalue weighted by atomic mass is 9.68. The lowest BCUT2D eigenvalue weighted by Gasteiger charge is -2.41. The Balaban J connectivity index is 1.16. The van der Waals surface area contributed by atoms with Gasteiger partial charge in [-0.05, 0) is 84.4 Å². The minimum Gasteiger partial charge on any atom is -0.480 e. The number of piperidine rings is 1. The normalized spacial score (nSPS) is 19.8. The third kappa shape index (κ3) is 6.80. The van der Waals surface area contributed by atoms with Gasteiger partial charge in [-0.2, -0.15) is 13.2 Å². The van der Waals surface area contributed by atoms with E-state index in [9.17, 15) is 36.6 Å². The maximum atomic E-state index is 14.4. The molecule has 3 aliphatic rings. The number of halogens is 5. The summed E-state index contributed by atoms with van der Waals surface area (Å²) in [6.45, 7) is 1.61. The fraction of sp³-hybridized carbons (Fsp3) is 0.462. The maximum Gasteiger partial charge on any atom is 0.403 e. The highest BCUT2D eigenvalue weighted by Crippen LogP contribution is 2.49. The Morgan fingerprint density at radius 3 is 2.12 bits per heavy atom. The monoisotopic (exact) mass is 708 g/mol. The number of carboxylic acid groups (broad SMARTS) is 1. The van der Waals surface area contributed by atoms with E-state index >= 15 is 0 Å². The van der Waals surface area contributed by atoms with E-state index in [0.717, 1.165) is 52.6 Å². The minimum absolute atomic E-state index is 0.266. The van der Waals surface area contributed by atoms with Crippen molar-refractivity contribution in [1.29, 1.82) is 0 Å². The molecule has 12 heteroatoms. The number of carboxylic acids is 1. The molecule has 270 valence electrons. The number of aliphatic carboxylic acids is 1. The Bertz CT molecular complexity index is 1940. The van der Waals surface area contributed by atoms with Crippen molar-refractivity contribution in [3.8, 4) is 11.3 Å². The van der Waals surface area contributed by atoms with Gasteiger partial charge in [0, 0.05) is 36.7 Å². The third-order valence-corrected chi connectivity index (χ3v) is 11.6. The van der Waals surface area contributed by atoms with E-state index in [0.29, 0.717) is 16.4 Å². The van der Waals surface area contributed by atoms with Gasteiger partial charge < -0.3 is 10.4 Å². The van der Waals surface area contributed by atoms with Crippen molar-refractivity contribution in [1.82, 2.24) is 20.1 Å². The number of benzene rings is 3. The standard InChI is InChI=1S/C39H41F5N4O3/c40-33(41)23-47-18-15-38(16-19-47,39(42,43)44)36(51)46-32(35(49)50)20-25-6-3-10-29-27(25)9-4-11-31(29)34-30-8-2-1-7-28(30)26(21-45-34)22-48-17-14-37(24-48)12-5-13-37/h1-4,6-11,21,32-33H,5,12-20,22-24H2,(H,46,51)(H,49,50)/t32-/m0/s1.